The number of carbonyl (C=O) groups excluding carboxylic acids is 2. The first kappa shape index (κ1) is 30.7. The van der Waals surface area contributed by atoms with Crippen LogP contribution in [0.15, 0.2) is 76.1 Å². The van der Waals surface area contributed by atoms with Crippen molar-refractivity contribution in [2.45, 2.75) is 51.6 Å². The summed E-state index contributed by atoms with van der Waals surface area (Å²) in [4.78, 5) is 28.4. The molecule has 2 amide bonds. The molecule has 1 atom stereocenters. The Morgan fingerprint density at radius 1 is 1.03 bits per heavy atom. The highest BCUT2D eigenvalue weighted by molar-refractivity contribution is 9.10. The van der Waals surface area contributed by atoms with E-state index in [9.17, 15) is 18.0 Å². The summed E-state index contributed by atoms with van der Waals surface area (Å²) in [5, 5.41) is 3.29. The lowest BCUT2D eigenvalue weighted by Gasteiger charge is -2.32. The normalized spacial score (nSPS) is 12.1. The molecule has 0 aromatic heterocycles. The van der Waals surface area contributed by atoms with Crippen LogP contribution in [0.4, 0.5) is 5.69 Å². The van der Waals surface area contributed by atoms with E-state index in [1.807, 2.05) is 38.1 Å². The minimum atomic E-state index is -4.14. The Hall–Kier alpha value is -2.88. The average molecular weight is 635 g/mol. The van der Waals surface area contributed by atoms with Crippen LogP contribution in [0, 0.1) is 13.8 Å². The maximum atomic E-state index is 13.9. The number of hydrogen-bond acceptors (Lipinski definition) is 4. The third-order valence-corrected chi connectivity index (χ3v) is 8.78. The van der Waals surface area contributed by atoms with E-state index in [0.717, 1.165) is 26.3 Å². The lowest BCUT2D eigenvalue weighted by atomic mass is 10.1. The molecule has 0 aliphatic rings. The fourth-order valence-electron chi connectivity index (χ4n) is 4.06. The van der Waals surface area contributed by atoms with E-state index in [2.05, 4.69) is 21.2 Å². The highest BCUT2D eigenvalue weighted by atomic mass is 79.9. The molecule has 39 heavy (non-hydrogen) atoms. The lowest BCUT2D eigenvalue weighted by Crippen LogP contribution is -2.51. The lowest BCUT2D eigenvalue weighted by molar-refractivity contribution is -0.139. The first-order chi connectivity index (χ1) is 18.4. The molecular weight excluding hydrogens is 602 g/mol. The largest absolute Gasteiger partial charge is 0.354 e. The number of aryl methyl sites for hydroxylation is 2. The molecule has 3 aromatic rings. The van der Waals surface area contributed by atoms with Crippen molar-refractivity contribution >= 4 is 55.1 Å². The molecule has 0 saturated heterocycles. The van der Waals surface area contributed by atoms with E-state index in [4.69, 9.17) is 11.6 Å². The van der Waals surface area contributed by atoms with Crippen molar-refractivity contribution in [2.24, 2.45) is 0 Å². The Bertz CT molecular complexity index is 1430. The number of benzene rings is 3. The van der Waals surface area contributed by atoms with Gasteiger partial charge in [-0.1, -0.05) is 64.3 Å². The van der Waals surface area contributed by atoms with E-state index >= 15 is 0 Å². The number of amides is 2. The molecule has 3 rings (SSSR count). The third-order valence-electron chi connectivity index (χ3n) is 6.27. The SMILES string of the molecule is CCCNC(=O)C(C)N(Cc1cccc(Br)c1)C(=O)CN(c1ccc(Cl)cc1C)S(=O)(=O)c1ccc(C)cc1. The molecule has 0 saturated carbocycles. The number of anilines is 1. The van der Waals surface area contributed by atoms with Crippen LogP contribution in [0.2, 0.25) is 5.02 Å². The van der Waals surface area contributed by atoms with Crippen molar-refractivity contribution in [1.82, 2.24) is 10.2 Å². The molecule has 7 nitrogen and oxygen atoms in total. The third kappa shape index (κ3) is 7.84. The fraction of sp³-hybridized carbons (Fsp3) is 0.310. The zero-order chi connectivity index (χ0) is 28.7. The van der Waals surface area contributed by atoms with Crippen molar-refractivity contribution in [1.29, 1.82) is 0 Å². The van der Waals surface area contributed by atoms with Crippen molar-refractivity contribution < 1.29 is 18.0 Å². The molecule has 0 heterocycles. The van der Waals surface area contributed by atoms with Gasteiger partial charge in [0, 0.05) is 22.6 Å². The molecule has 0 spiro atoms. The number of rotatable bonds is 11. The summed E-state index contributed by atoms with van der Waals surface area (Å²) >= 11 is 9.61. The molecule has 1 N–H and O–H groups in total. The summed E-state index contributed by atoms with van der Waals surface area (Å²) in [6.07, 6.45) is 0.746. The van der Waals surface area contributed by atoms with Crippen molar-refractivity contribution in [3.05, 3.63) is 92.9 Å². The zero-order valence-electron chi connectivity index (χ0n) is 22.4. The Labute approximate surface area is 244 Å². The van der Waals surface area contributed by atoms with Gasteiger partial charge in [-0.25, -0.2) is 8.42 Å². The first-order valence-corrected chi connectivity index (χ1v) is 15.2. The van der Waals surface area contributed by atoms with Gasteiger partial charge in [-0.3, -0.25) is 13.9 Å². The molecular formula is C29H33BrClN3O4S. The molecule has 0 aliphatic heterocycles. The van der Waals surface area contributed by atoms with Gasteiger partial charge in [-0.15, -0.1) is 0 Å². The van der Waals surface area contributed by atoms with E-state index in [-0.39, 0.29) is 17.3 Å². The van der Waals surface area contributed by atoms with Crippen LogP contribution in [0.1, 0.15) is 37.0 Å². The second kappa shape index (κ2) is 13.5. The predicted molar refractivity (Wildman–Crippen MR) is 159 cm³/mol. The maximum Gasteiger partial charge on any atom is 0.264 e. The molecule has 0 fully saturated rings. The minimum absolute atomic E-state index is 0.0579. The van der Waals surface area contributed by atoms with Gasteiger partial charge in [-0.2, -0.15) is 0 Å². The molecule has 1 unspecified atom stereocenters. The minimum Gasteiger partial charge on any atom is -0.354 e. The van der Waals surface area contributed by atoms with Crippen molar-refractivity contribution in [3.63, 3.8) is 0 Å². The summed E-state index contributed by atoms with van der Waals surface area (Å²) < 4.78 is 29.8. The van der Waals surface area contributed by atoms with Crippen molar-refractivity contribution in [2.75, 3.05) is 17.4 Å². The number of nitrogens with zero attached hydrogens (tertiary/aromatic N) is 2. The molecule has 10 heteroatoms. The second-order valence-corrected chi connectivity index (χ2v) is 12.6. The zero-order valence-corrected chi connectivity index (χ0v) is 25.6. The van der Waals surface area contributed by atoms with E-state index in [1.54, 1.807) is 44.2 Å². The van der Waals surface area contributed by atoms with Crippen LogP contribution < -0.4 is 9.62 Å². The Morgan fingerprint density at radius 2 is 1.72 bits per heavy atom. The van der Waals surface area contributed by atoms with Crippen LogP contribution in [0.3, 0.4) is 0 Å². The average Bonchev–Trinajstić information content (AvgIpc) is 2.89. The summed E-state index contributed by atoms with van der Waals surface area (Å²) in [5.41, 5.74) is 2.63. The van der Waals surface area contributed by atoms with E-state index in [0.29, 0.717) is 22.8 Å². The number of hydrogen-bond donors (Lipinski definition) is 1. The monoisotopic (exact) mass is 633 g/mol. The van der Waals surface area contributed by atoms with Crippen LogP contribution in [0.5, 0.6) is 0 Å². The number of halogens is 2. The van der Waals surface area contributed by atoms with Gasteiger partial charge >= 0.3 is 0 Å². The molecule has 3 aromatic carbocycles. The Balaban J connectivity index is 2.05. The maximum absolute atomic E-state index is 13.9. The number of nitrogens with one attached hydrogen (secondary N) is 1. The van der Waals surface area contributed by atoms with Gasteiger partial charge in [0.1, 0.15) is 12.6 Å². The van der Waals surface area contributed by atoms with Gasteiger partial charge < -0.3 is 10.2 Å². The number of carbonyl (C=O) groups is 2. The first-order valence-electron chi connectivity index (χ1n) is 12.6. The molecule has 208 valence electrons. The topological polar surface area (TPSA) is 86.8 Å². The Kier molecular flexibility index (Phi) is 10.6. The van der Waals surface area contributed by atoms with Crippen LogP contribution in [0.25, 0.3) is 0 Å². The van der Waals surface area contributed by atoms with Gasteiger partial charge in [0.15, 0.2) is 0 Å². The fourth-order valence-corrected chi connectivity index (χ4v) is 6.21. The standard InChI is InChI=1S/C29H33BrClN3O4S/c1-5-15-32-29(36)22(4)33(18-23-7-6-8-24(30)17-23)28(35)19-34(27-14-11-25(31)16-21(27)3)39(37,38)26-12-9-20(2)10-13-26/h6-14,16-17,22H,5,15,18-19H2,1-4H3,(H,32,36). The number of sulfonamides is 1. The predicted octanol–water partition coefficient (Wildman–Crippen LogP) is 5.86. The summed E-state index contributed by atoms with van der Waals surface area (Å²) in [6.45, 7) is 7.29. The molecule has 0 aliphatic carbocycles. The van der Waals surface area contributed by atoms with Gasteiger partial charge in [0.25, 0.3) is 10.0 Å². The summed E-state index contributed by atoms with van der Waals surface area (Å²) in [6, 6.07) is 17.9. The van der Waals surface area contributed by atoms with Crippen molar-refractivity contribution in [3.8, 4) is 0 Å². The van der Waals surface area contributed by atoms with Gasteiger partial charge in [0.05, 0.1) is 10.6 Å². The quantitative estimate of drug-likeness (QED) is 0.286. The summed E-state index contributed by atoms with van der Waals surface area (Å²) in [7, 11) is -4.14. The molecule has 0 radical (unpaired) electrons. The molecule has 0 bridgehead atoms. The Morgan fingerprint density at radius 3 is 2.33 bits per heavy atom. The van der Waals surface area contributed by atoms with Crippen LogP contribution in [-0.2, 0) is 26.2 Å². The summed E-state index contributed by atoms with van der Waals surface area (Å²) in [5.74, 6) is -0.824. The van der Waals surface area contributed by atoms with E-state index < -0.39 is 28.5 Å². The highest BCUT2D eigenvalue weighted by Gasteiger charge is 2.33. The van der Waals surface area contributed by atoms with Crippen LogP contribution >= 0.6 is 27.5 Å². The van der Waals surface area contributed by atoms with Gasteiger partial charge in [0.2, 0.25) is 11.8 Å². The van der Waals surface area contributed by atoms with Gasteiger partial charge in [-0.05, 0) is 80.8 Å². The highest BCUT2D eigenvalue weighted by Crippen LogP contribution is 2.29. The van der Waals surface area contributed by atoms with E-state index in [1.165, 1.54) is 17.0 Å². The van der Waals surface area contributed by atoms with Crippen LogP contribution in [-0.4, -0.2) is 44.3 Å². The smallest absolute Gasteiger partial charge is 0.264 e. The second-order valence-electron chi connectivity index (χ2n) is 9.37.